The van der Waals surface area contributed by atoms with Gasteiger partial charge in [-0.3, -0.25) is 4.90 Å². The van der Waals surface area contributed by atoms with E-state index in [1.54, 1.807) is 0 Å². The lowest BCUT2D eigenvalue weighted by atomic mass is 9.93. The van der Waals surface area contributed by atoms with Crippen LogP contribution in [0.2, 0.25) is 0 Å². The fourth-order valence-electron chi connectivity index (χ4n) is 3.65. The molecule has 150 valence electrons. The van der Waals surface area contributed by atoms with Gasteiger partial charge in [-0.25, -0.2) is 21.9 Å². The van der Waals surface area contributed by atoms with E-state index in [0.29, 0.717) is 19.2 Å². The maximum atomic E-state index is 13.4. The molecule has 1 aliphatic heterocycles. The monoisotopic (exact) mass is 414 g/mol. The van der Waals surface area contributed by atoms with Gasteiger partial charge < -0.3 is 0 Å². The fourth-order valence-corrected chi connectivity index (χ4v) is 4.91. The average molecular weight is 414 g/mol. The first-order chi connectivity index (χ1) is 13.9. The third-order valence-electron chi connectivity index (χ3n) is 4.97. The highest BCUT2D eigenvalue weighted by molar-refractivity contribution is 7.89. The third kappa shape index (κ3) is 4.37. The van der Waals surface area contributed by atoms with Gasteiger partial charge in [-0.2, -0.15) is 0 Å². The Labute approximate surface area is 168 Å². The lowest BCUT2D eigenvalue weighted by molar-refractivity contribution is 0.105. The molecule has 0 unspecified atom stereocenters. The molecule has 1 heterocycles. The molecule has 4 nitrogen and oxygen atoms in total. The van der Waals surface area contributed by atoms with Crippen molar-refractivity contribution in [3.63, 3.8) is 0 Å². The lowest BCUT2D eigenvalue weighted by Gasteiger charge is -2.44. The van der Waals surface area contributed by atoms with Gasteiger partial charge >= 0.3 is 0 Å². The van der Waals surface area contributed by atoms with Crippen molar-refractivity contribution in [2.24, 2.45) is 0 Å². The Morgan fingerprint density at radius 1 is 0.828 bits per heavy atom. The van der Waals surface area contributed by atoms with Gasteiger partial charge in [0.25, 0.3) is 0 Å². The predicted octanol–water partition coefficient (Wildman–Crippen LogP) is 3.72. The Morgan fingerprint density at radius 3 is 1.79 bits per heavy atom. The number of nitrogens with zero attached hydrogens (tertiary/aromatic N) is 1. The highest BCUT2D eigenvalue weighted by Crippen LogP contribution is 2.32. The topological polar surface area (TPSA) is 49.4 Å². The molecule has 0 aromatic heterocycles. The van der Waals surface area contributed by atoms with Crippen LogP contribution in [0.15, 0.2) is 83.8 Å². The summed E-state index contributed by atoms with van der Waals surface area (Å²) in [4.78, 5) is 1.76. The first kappa shape index (κ1) is 19.7. The molecular formula is C22H20F2N2O2S. The second-order valence-electron chi connectivity index (χ2n) is 7.10. The van der Waals surface area contributed by atoms with Gasteiger partial charge in [-0.1, -0.05) is 60.7 Å². The Hall–Kier alpha value is -2.61. The summed E-state index contributed by atoms with van der Waals surface area (Å²) < 4.78 is 54.3. The zero-order chi connectivity index (χ0) is 20.4. The molecule has 0 atom stereocenters. The zero-order valence-electron chi connectivity index (χ0n) is 15.5. The number of nitrogens with one attached hydrogen (secondary N) is 1. The highest BCUT2D eigenvalue weighted by Gasteiger charge is 2.36. The fraction of sp³-hybridized carbons (Fsp3) is 0.182. The van der Waals surface area contributed by atoms with E-state index >= 15 is 0 Å². The molecule has 3 aromatic rings. The molecule has 29 heavy (non-hydrogen) atoms. The van der Waals surface area contributed by atoms with Crippen LogP contribution in [-0.2, 0) is 10.0 Å². The molecule has 1 N–H and O–H groups in total. The van der Waals surface area contributed by atoms with E-state index in [-0.39, 0.29) is 12.1 Å². The van der Waals surface area contributed by atoms with Crippen molar-refractivity contribution < 1.29 is 17.2 Å². The molecule has 0 saturated carbocycles. The molecular weight excluding hydrogens is 394 g/mol. The summed E-state index contributed by atoms with van der Waals surface area (Å²) in [6, 6.07) is 22.0. The minimum atomic E-state index is -4.00. The van der Waals surface area contributed by atoms with Gasteiger partial charge in [0, 0.05) is 25.2 Å². The molecule has 0 aliphatic carbocycles. The summed E-state index contributed by atoms with van der Waals surface area (Å²) in [6.45, 7) is 0.983. The molecule has 0 spiro atoms. The largest absolute Gasteiger partial charge is 0.289 e. The van der Waals surface area contributed by atoms with E-state index in [4.69, 9.17) is 0 Å². The van der Waals surface area contributed by atoms with Crippen LogP contribution in [0.3, 0.4) is 0 Å². The molecule has 3 aromatic carbocycles. The molecule has 1 fully saturated rings. The van der Waals surface area contributed by atoms with E-state index in [1.807, 2.05) is 60.7 Å². The van der Waals surface area contributed by atoms with Crippen LogP contribution in [-0.4, -0.2) is 32.4 Å². The van der Waals surface area contributed by atoms with Crippen LogP contribution in [0.1, 0.15) is 17.2 Å². The van der Waals surface area contributed by atoms with Gasteiger partial charge in [0.15, 0.2) is 0 Å². The van der Waals surface area contributed by atoms with Crippen molar-refractivity contribution in [1.82, 2.24) is 9.62 Å². The van der Waals surface area contributed by atoms with Gasteiger partial charge in [-0.15, -0.1) is 0 Å². The smallest absolute Gasteiger partial charge is 0.241 e. The Bertz CT molecular complexity index is 1030. The molecule has 0 bridgehead atoms. The number of benzene rings is 3. The average Bonchev–Trinajstić information content (AvgIpc) is 2.67. The van der Waals surface area contributed by atoms with Crippen LogP contribution in [0.5, 0.6) is 0 Å². The summed E-state index contributed by atoms with van der Waals surface area (Å²) in [5, 5.41) is 0. The van der Waals surface area contributed by atoms with Crippen molar-refractivity contribution >= 4 is 10.0 Å². The Morgan fingerprint density at radius 2 is 1.31 bits per heavy atom. The molecule has 4 rings (SSSR count). The molecule has 1 saturated heterocycles. The zero-order valence-corrected chi connectivity index (χ0v) is 16.3. The summed E-state index contributed by atoms with van der Waals surface area (Å²) in [5.74, 6) is -1.84. The number of likely N-dealkylation sites (tertiary alicyclic amines) is 1. The van der Waals surface area contributed by atoms with Crippen LogP contribution in [0.4, 0.5) is 8.78 Å². The maximum absolute atomic E-state index is 13.4. The van der Waals surface area contributed by atoms with Gasteiger partial charge in [0.05, 0.1) is 10.9 Å². The van der Waals surface area contributed by atoms with Crippen LogP contribution < -0.4 is 4.72 Å². The molecule has 0 amide bonds. The number of hydrogen-bond donors (Lipinski definition) is 1. The molecule has 7 heteroatoms. The second kappa shape index (κ2) is 8.02. The lowest BCUT2D eigenvalue weighted by Crippen LogP contribution is -2.60. The standard InChI is InChI=1S/C22H20F2N2O2S/c23-18-11-19(24)13-21(12-18)29(27,28)25-20-14-26(15-20)22(16-7-3-1-4-8-16)17-9-5-2-6-10-17/h1-13,20,22,25H,14-15H2. The first-order valence-electron chi connectivity index (χ1n) is 9.25. The number of sulfonamides is 1. The van der Waals surface area contributed by atoms with Crippen LogP contribution in [0.25, 0.3) is 0 Å². The highest BCUT2D eigenvalue weighted by atomic mass is 32.2. The number of halogens is 2. The van der Waals surface area contributed by atoms with E-state index in [1.165, 1.54) is 0 Å². The van der Waals surface area contributed by atoms with Crippen LogP contribution >= 0.6 is 0 Å². The summed E-state index contributed by atoms with van der Waals surface area (Å²) in [5.41, 5.74) is 2.24. The van der Waals surface area contributed by atoms with Gasteiger partial charge in [0.2, 0.25) is 10.0 Å². The van der Waals surface area contributed by atoms with E-state index in [9.17, 15) is 17.2 Å². The van der Waals surface area contributed by atoms with Crippen molar-refractivity contribution in [1.29, 1.82) is 0 Å². The SMILES string of the molecule is O=S(=O)(NC1CN(C(c2ccccc2)c2ccccc2)C1)c1cc(F)cc(F)c1. The van der Waals surface area contributed by atoms with Crippen LogP contribution in [0, 0.1) is 11.6 Å². The van der Waals surface area contributed by atoms with E-state index in [2.05, 4.69) is 9.62 Å². The van der Waals surface area contributed by atoms with Crippen molar-refractivity contribution in [2.75, 3.05) is 13.1 Å². The minimum Gasteiger partial charge on any atom is -0.289 e. The second-order valence-corrected chi connectivity index (χ2v) is 8.82. The van der Waals surface area contributed by atoms with Crippen molar-refractivity contribution in [2.45, 2.75) is 17.0 Å². The van der Waals surface area contributed by atoms with E-state index < -0.39 is 26.6 Å². The Balaban J connectivity index is 1.50. The first-order valence-corrected chi connectivity index (χ1v) is 10.7. The third-order valence-corrected chi connectivity index (χ3v) is 6.47. The van der Waals surface area contributed by atoms with E-state index in [0.717, 1.165) is 23.3 Å². The summed E-state index contributed by atoms with van der Waals surface area (Å²) in [6.07, 6.45) is 0. The summed E-state index contributed by atoms with van der Waals surface area (Å²) >= 11 is 0. The molecule has 0 radical (unpaired) electrons. The van der Waals surface area contributed by atoms with Gasteiger partial charge in [0.1, 0.15) is 11.6 Å². The van der Waals surface area contributed by atoms with Gasteiger partial charge in [-0.05, 0) is 23.3 Å². The van der Waals surface area contributed by atoms with Crippen molar-refractivity contribution in [3.05, 3.63) is 102 Å². The Kier molecular flexibility index (Phi) is 5.45. The number of hydrogen-bond acceptors (Lipinski definition) is 3. The summed E-state index contributed by atoms with van der Waals surface area (Å²) in [7, 11) is -4.00. The van der Waals surface area contributed by atoms with Crippen molar-refractivity contribution in [3.8, 4) is 0 Å². The quantitative estimate of drug-likeness (QED) is 0.669. The number of rotatable bonds is 6. The maximum Gasteiger partial charge on any atom is 0.241 e. The molecule has 1 aliphatic rings. The predicted molar refractivity (Wildman–Crippen MR) is 107 cm³/mol. The normalized spacial score (nSPS) is 15.4. The minimum absolute atomic E-state index is 0.00442.